The van der Waals surface area contributed by atoms with Gasteiger partial charge in [-0.2, -0.15) is 0 Å². The minimum Gasteiger partial charge on any atom is -0.413 e. The van der Waals surface area contributed by atoms with E-state index in [0.29, 0.717) is 19.6 Å². The second-order valence-electron chi connectivity index (χ2n) is 14.0. The van der Waals surface area contributed by atoms with Crippen molar-refractivity contribution in [1.82, 2.24) is 0 Å². The zero-order valence-corrected chi connectivity index (χ0v) is 31.3. The van der Waals surface area contributed by atoms with Gasteiger partial charge in [-0.15, -0.1) is 0 Å². The number of allylic oxidation sites excluding steroid dienone is 3. The lowest BCUT2D eigenvalue weighted by molar-refractivity contribution is 0.0471. The van der Waals surface area contributed by atoms with Gasteiger partial charge in [0.25, 0.3) is 0 Å². The molecule has 2 atom stereocenters. The van der Waals surface area contributed by atoms with Crippen molar-refractivity contribution in [3.05, 3.63) is 113 Å². The van der Waals surface area contributed by atoms with Gasteiger partial charge < -0.3 is 14.3 Å². The molecule has 0 aliphatic rings. The second kappa shape index (κ2) is 18.7. The molecule has 2 rings (SSSR count). The predicted molar refractivity (Wildman–Crippen MR) is 196 cm³/mol. The third kappa shape index (κ3) is 13.7. The number of ether oxygens (including phenoxy) is 1. The van der Waals surface area contributed by atoms with Crippen LogP contribution in [0.15, 0.2) is 113 Å². The monoisotopic (exact) mass is 666 g/mol. The van der Waals surface area contributed by atoms with E-state index < -0.39 is 30.2 Å². The first kappa shape index (κ1) is 39.6. The fourth-order valence-electron chi connectivity index (χ4n) is 4.69. The van der Waals surface area contributed by atoms with Crippen LogP contribution in [-0.2, 0) is 25.6 Å². The smallest absolute Gasteiger partial charge is 0.192 e. The zero-order chi connectivity index (χ0) is 34.4. The second-order valence-corrected chi connectivity index (χ2v) is 20.9. The summed E-state index contributed by atoms with van der Waals surface area (Å²) in [6.45, 7) is 22.5. The van der Waals surface area contributed by atoms with Gasteiger partial charge in [-0.1, -0.05) is 111 Å². The molecule has 2 aromatic carbocycles. The van der Waals surface area contributed by atoms with Gasteiger partial charge in [0.05, 0.1) is 36.6 Å². The van der Waals surface area contributed by atoms with Crippen molar-refractivity contribution in [2.45, 2.75) is 103 Å². The highest BCUT2D eigenvalue weighted by Gasteiger charge is 2.37. The van der Waals surface area contributed by atoms with Crippen molar-refractivity contribution >= 4 is 18.2 Å². The number of aliphatic hydroxyl groups excluding tert-OH is 1. The molecule has 0 radical (unpaired) electrons. The van der Waals surface area contributed by atoms with Crippen molar-refractivity contribution in [2.24, 2.45) is 5.92 Å². The molecule has 0 saturated heterocycles. The first-order valence-electron chi connectivity index (χ1n) is 16.4. The third-order valence-corrected chi connectivity index (χ3v) is 15.1. The summed E-state index contributed by atoms with van der Waals surface area (Å²) < 4.78 is 39.5. The topological polar surface area (TPSA) is 72.8 Å². The summed E-state index contributed by atoms with van der Waals surface area (Å²) in [6.07, 6.45) is 9.22. The first-order valence-corrected chi connectivity index (χ1v) is 21.0. The Morgan fingerprint density at radius 2 is 1.48 bits per heavy atom. The highest BCUT2D eigenvalue weighted by atomic mass is 32.2. The average Bonchev–Trinajstić information content (AvgIpc) is 3.00. The van der Waals surface area contributed by atoms with Gasteiger partial charge >= 0.3 is 0 Å². The van der Waals surface area contributed by atoms with Crippen LogP contribution in [0.5, 0.6) is 0 Å². The number of sulfone groups is 1. The van der Waals surface area contributed by atoms with Crippen LogP contribution in [0.4, 0.5) is 0 Å². The Bertz CT molecular complexity index is 1420. The van der Waals surface area contributed by atoms with Gasteiger partial charge in [-0.3, -0.25) is 0 Å². The van der Waals surface area contributed by atoms with E-state index in [-0.39, 0.29) is 22.3 Å². The number of benzene rings is 2. The van der Waals surface area contributed by atoms with Gasteiger partial charge in [0, 0.05) is 5.92 Å². The van der Waals surface area contributed by atoms with Crippen LogP contribution < -0.4 is 0 Å². The van der Waals surface area contributed by atoms with E-state index >= 15 is 0 Å². The summed E-state index contributed by atoms with van der Waals surface area (Å²) >= 11 is 0. The molecule has 0 bridgehead atoms. The molecule has 0 saturated carbocycles. The minimum atomic E-state index is -3.59. The molecule has 0 heterocycles. The van der Waals surface area contributed by atoms with Crippen LogP contribution >= 0.6 is 0 Å². The molecule has 2 aromatic rings. The Labute approximate surface area is 281 Å². The summed E-state index contributed by atoms with van der Waals surface area (Å²) in [5, 5.41) is 10.5. The minimum absolute atomic E-state index is 0.122. The van der Waals surface area contributed by atoms with Gasteiger partial charge in [-0.25, -0.2) is 8.42 Å². The van der Waals surface area contributed by atoms with Crippen molar-refractivity contribution in [3.63, 3.8) is 0 Å². The Morgan fingerprint density at radius 1 is 0.913 bits per heavy atom. The molecule has 7 heteroatoms. The standard InChI is InChI=1S/C39H58O5SSi/c1-31(2)37(30-45(41,42)36-24-14-11-15-25-36)38(43-29-34-21-12-10-13-22-34)26-35(27-40)23-17-19-32(3)18-16-20-33(4)28-44-46(8,9)39(5,6)7/h10-15,19-22,24-26,37-38,40H,1,16-18,23,27-30H2,2-9H3/b32-19+,33-20+,35-26-. The Balaban J connectivity index is 2.12. The zero-order valence-electron chi connectivity index (χ0n) is 29.5. The van der Waals surface area contributed by atoms with Crippen LogP contribution in [0, 0.1) is 5.92 Å². The maximum Gasteiger partial charge on any atom is 0.192 e. The maximum absolute atomic E-state index is 13.4. The molecule has 46 heavy (non-hydrogen) atoms. The van der Waals surface area contributed by atoms with Crippen molar-refractivity contribution in [2.75, 3.05) is 19.0 Å². The highest BCUT2D eigenvalue weighted by Crippen LogP contribution is 2.36. The van der Waals surface area contributed by atoms with Crippen LogP contribution in [0.1, 0.15) is 72.8 Å². The lowest BCUT2D eigenvalue weighted by atomic mass is 9.94. The summed E-state index contributed by atoms with van der Waals surface area (Å²) in [4.78, 5) is 0.281. The molecule has 0 aliphatic heterocycles. The van der Waals surface area contributed by atoms with Gasteiger partial charge in [0.15, 0.2) is 18.2 Å². The lowest BCUT2D eigenvalue weighted by Crippen LogP contribution is -2.41. The third-order valence-electron chi connectivity index (χ3n) is 8.88. The van der Waals surface area contributed by atoms with E-state index in [2.05, 4.69) is 66.4 Å². The highest BCUT2D eigenvalue weighted by molar-refractivity contribution is 7.91. The molecular formula is C39H58O5SSi. The van der Waals surface area contributed by atoms with Crippen LogP contribution in [0.2, 0.25) is 18.1 Å². The quantitative estimate of drug-likeness (QED) is 0.119. The van der Waals surface area contributed by atoms with Gasteiger partial charge in [0.2, 0.25) is 0 Å². The Hall–Kier alpha value is -2.55. The Morgan fingerprint density at radius 3 is 2.04 bits per heavy atom. The Kier molecular flexibility index (Phi) is 16.1. The van der Waals surface area contributed by atoms with E-state index in [1.54, 1.807) is 30.3 Å². The lowest BCUT2D eigenvalue weighted by Gasteiger charge is -2.36. The molecule has 254 valence electrons. The van der Waals surface area contributed by atoms with E-state index in [1.165, 1.54) is 11.1 Å². The van der Waals surface area contributed by atoms with Crippen LogP contribution in [0.25, 0.3) is 0 Å². The molecule has 0 amide bonds. The summed E-state index contributed by atoms with van der Waals surface area (Å²) in [7, 11) is -5.35. The molecule has 0 spiro atoms. The molecule has 0 aromatic heterocycles. The maximum atomic E-state index is 13.4. The largest absolute Gasteiger partial charge is 0.413 e. The molecule has 5 nitrogen and oxygen atoms in total. The molecule has 1 N–H and O–H groups in total. The SMILES string of the molecule is C=C(C)C(CS(=O)(=O)c1ccccc1)C(/C=C(\CO)CC/C=C(\C)CC/C=C(\C)CO[Si](C)(C)C(C)(C)C)OCc1ccccc1. The van der Waals surface area contributed by atoms with E-state index in [9.17, 15) is 13.5 Å². The molecule has 2 unspecified atom stereocenters. The van der Waals surface area contributed by atoms with Gasteiger partial charge in [0.1, 0.15) is 0 Å². The van der Waals surface area contributed by atoms with Gasteiger partial charge in [-0.05, 0) is 87.9 Å². The first-order chi connectivity index (χ1) is 21.6. The van der Waals surface area contributed by atoms with Crippen molar-refractivity contribution < 1.29 is 22.7 Å². The average molecular weight is 667 g/mol. The van der Waals surface area contributed by atoms with Crippen molar-refractivity contribution in [3.8, 4) is 0 Å². The summed E-state index contributed by atoms with van der Waals surface area (Å²) in [5.41, 5.74) is 5.11. The number of hydrogen-bond acceptors (Lipinski definition) is 5. The fourth-order valence-corrected chi connectivity index (χ4v) is 7.43. The fraction of sp³-hybridized carbons (Fsp3) is 0.487. The number of rotatable bonds is 19. The summed E-state index contributed by atoms with van der Waals surface area (Å²) in [6, 6.07) is 18.3. The van der Waals surface area contributed by atoms with Crippen molar-refractivity contribution in [1.29, 1.82) is 0 Å². The van der Waals surface area contributed by atoms with E-state index in [4.69, 9.17) is 9.16 Å². The van der Waals surface area contributed by atoms with Crippen LogP contribution in [-0.4, -0.2) is 46.9 Å². The molecule has 0 fully saturated rings. The summed E-state index contributed by atoms with van der Waals surface area (Å²) in [5.74, 6) is -0.614. The normalized spacial score (nSPS) is 15.1. The number of hydrogen-bond donors (Lipinski definition) is 1. The molecular weight excluding hydrogens is 609 g/mol. The van der Waals surface area contributed by atoms with Crippen LogP contribution in [0.3, 0.4) is 0 Å². The van der Waals surface area contributed by atoms with E-state index in [1.807, 2.05) is 43.3 Å². The van der Waals surface area contributed by atoms with E-state index in [0.717, 1.165) is 36.0 Å². The predicted octanol–water partition coefficient (Wildman–Crippen LogP) is 9.63. The molecule has 0 aliphatic carbocycles. The number of aliphatic hydroxyl groups is 1.